The molecule has 3 nitrogen and oxygen atoms in total. The predicted molar refractivity (Wildman–Crippen MR) is 32.1 cm³/mol. The minimum atomic E-state index is -0.813. The Morgan fingerprint density at radius 1 is 1.25 bits per heavy atom. The summed E-state index contributed by atoms with van der Waals surface area (Å²) >= 11 is 0.616. The third-order valence-corrected chi connectivity index (χ3v) is 1.85. The molecule has 0 saturated heterocycles. The molecule has 0 aliphatic carbocycles. The summed E-state index contributed by atoms with van der Waals surface area (Å²) in [5.74, 6) is -0.813. The van der Waals surface area contributed by atoms with Crippen LogP contribution in [0.2, 0.25) is 0 Å². The molecule has 0 aromatic carbocycles. The lowest BCUT2D eigenvalue weighted by molar-refractivity contribution is -0.308. The van der Waals surface area contributed by atoms with Gasteiger partial charge >= 0.3 is 16.6 Å². The molecule has 0 aromatic rings. The maximum atomic E-state index is 4.93. The average molecular weight is 134 g/mol. The van der Waals surface area contributed by atoms with Crippen molar-refractivity contribution in [1.82, 2.24) is 0 Å². The highest BCUT2D eigenvalue weighted by Gasteiger charge is 2.18. The van der Waals surface area contributed by atoms with Crippen molar-refractivity contribution in [3.8, 4) is 0 Å². The van der Waals surface area contributed by atoms with E-state index in [9.17, 15) is 0 Å². The average Bonchev–Trinajstić information content (AvgIpc) is 1.87. The van der Waals surface area contributed by atoms with Crippen LogP contribution in [0.25, 0.3) is 0 Å². The second kappa shape index (κ2) is 3.44. The molecule has 8 heavy (non-hydrogen) atoms. The van der Waals surface area contributed by atoms with E-state index in [0.717, 1.165) is 0 Å². The summed E-state index contributed by atoms with van der Waals surface area (Å²) in [6.45, 7) is 1.72. The molecular formula is C4H11AlO3. The molecule has 48 valence electrons. The van der Waals surface area contributed by atoms with Gasteiger partial charge in [-0.3, -0.25) is 0 Å². The van der Waals surface area contributed by atoms with E-state index in [0.29, 0.717) is 16.6 Å². The first-order chi connectivity index (χ1) is 3.68. The summed E-state index contributed by atoms with van der Waals surface area (Å²) in [6, 6.07) is 0. The lowest BCUT2D eigenvalue weighted by atomic mass is 10.7. The van der Waals surface area contributed by atoms with Gasteiger partial charge in [0.05, 0.1) is 0 Å². The Morgan fingerprint density at radius 2 is 1.62 bits per heavy atom. The molecule has 0 heterocycles. The van der Waals surface area contributed by atoms with E-state index in [-0.39, 0.29) is 0 Å². The third kappa shape index (κ3) is 2.12. The Bertz CT molecular complexity index is 54.0. The van der Waals surface area contributed by atoms with Crippen LogP contribution in [0.15, 0.2) is 0 Å². The van der Waals surface area contributed by atoms with Crippen LogP contribution < -0.4 is 0 Å². The Morgan fingerprint density at radius 3 is 1.62 bits per heavy atom. The number of rotatable bonds is 3. The number of hydrogen-bond donors (Lipinski definition) is 0. The van der Waals surface area contributed by atoms with E-state index in [1.807, 2.05) is 0 Å². The largest absolute Gasteiger partial charge is 0.462 e. The van der Waals surface area contributed by atoms with Crippen molar-refractivity contribution in [3.63, 3.8) is 0 Å². The molecule has 0 radical (unpaired) electrons. The third-order valence-electron chi connectivity index (χ3n) is 1.11. The van der Waals surface area contributed by atoms with Gasteiger partial charge in [0.2, 0.25) is 0 Å². The van der Waals surface area contributed by atoms with Crippen LogP contribution in [-0.4, -0.2) is 36.8 Å². The normalized spacial score (nSPS) is 11.9. The highest BCUT2D eigenvalue weighted by Crippen LogP contribution is 2.07. The van der Waals surface area contributed by atoms with E-state index >= 15 is 0 Å². The topological polar surface area (TPSA) is 27.7 Å². The molecule has 0 N–H and O–H groups in total. The smallest absolute Gasteiger partial charge is 0.417 e. The van der Waals surface area contributed by atoms with Gasteiger partial charge in [-0.2, -0.15) is 0 Å². The maximum absolute atomic E-state index is 4.93. The molecule has 0 fully saturated rings. The number of methoxy groups -OCH3 is 2. The van der Waals surface area contributed by atoms with Gasteiger partial charge in [0.15, 0.2) is 0 Å². The monoisotopic (exact) mass is 134 g/mol. The fourth-order valence-electron chi connectivity index (χ4n) is 0.250. The highest BCUT2D eigenvalue weighted by atomic mass is 27.1. The molecule has 0 unspecified atom stereocenters. The maximum Gasteiger partial charge on any atom is 0.417 e. The Balaban J connectivity index is 3.58. The molecule has 0 atom stereocenters. The summed E-state index contributed by atoms with van der Waals surface area (Å²) in [5.41, 5.74) is 0. The van der Waals surface area contributed by atoms with Crippen LogP contribution in [0.4, 0.5) is 0 Å². The van der Waals surface area contributed by atoms with Crippen LogP contribution in [0, 0.1) is 0 Å². The van der Waals surface area contributed by atoms with Gasteiger partial charge in [-0.15, -0.1) is 0 Å². The quantitative estimate of drug-likeness (QED) is 0.385. The molecule has 0 aliphatic rings. The zero-order valence-electron chi connectivity index (χ0n) is 5.72. The lowest BCUT2D eigenvalue weighted by Gasteiger charge is -2.25. The molecule has 0 amide bonds. The van der Waals surface area contributed by atoms with Crippen LogP contribution in [0.5, 0.6) is 0 Å². The Kier molecular flexibility index (Phi) is 3.62. The summed E-state index contributed by atoms with van der Waals surface area (Å²) in [6.07, 6.45) is 0. The molecule has 0 aliphatic heterocycles. The zero-order chi connectivity index (χ0) is 6.62. The Labute approximate surface area is 57.7 Å². The van der Waals surface area contributed by atoms with E-state index < -0.39 is 5.97 Å². The van der Waals surface area contributed by atoms with Crippen molar-refractivity contribution in [1.29, 1.82) is 0 Å². The van der Waals surface area contributed by atoms with Crippen molar-refractivity contribution in [2.45, 2.75) is 12.9 Å². The fourth-order valence-corrected chi connectivity index (χ4v) is 0.583. The Hall–Kier alpha value is 0.412. The van der Waals surface area contributed by atoms with Gasteiger partial charge in [-0.1, -0.05) is 0 Å². The van der Waals surface area contributed by atoms with Crippen molar-refractivity contribution in [2.24, 2.45) is 0 Å². The van der Waals surface area contributed by atoms with Crippen molar-refractivity contribution in [3.05, 3.63) is 0 Å². The summed E-state index contributed by atoms with van der Waals surface area (Å²) in [4.78, 5) is 0. The summed E-state index contributed by atoms with van der Waals surface area (Å²) < 4.78 is 14.6. The second-order valence-electron chi connectivity index (χ2n) is 1.47. The molecule has 0 aromatic heterocycles. The van der Waals surface area contributed by atoms with Gasteiger partial charge < -0.3 is 13.3 Å². The predicted octanol–water partition coefficient (Wildman–Crippen LogP) is -0.482. The van der Waals surface area contributed by atoms with Crippen LogP contribution in [0.3, 0.4) is 0 Å². The van der Waals surface area contributed by atoms with Gasteiger partial charge in [0.25, 0.3) is 5.97 Å². The van der Waals surface area contributed by atoms with Crippen LogP contribution >= 0.6 is 0 Å². The van der Waals surface area contributed by atoms with E-state index in [2.05, 4.69) is 0 Å². The summed E-state index contributed by atoms with van der Waals surface area (Å²) in [7, 11) is 3.09. The lowest BCUT2D eigenvalue weighted by Crippen LogP contribution is -2.32. The summed E-state index contributed by atoms with van der Waals surface area (Å²) in [5, 5.41) is 0. The van der Waals surface area contributed by atoms with Crippen molar-refractivity contribution in [2.75, 3.05) is 14.2 Å². The highest BCUT2D eigenvalue weighted by molar-refractivity contribution is 5.98. The molecule has 0 spiro atoms. The zero-order valence-corrected chi connectivity index (χ0v) is 7.72. The SMILES string of the molecule is COC(C)(OC)[O][AlH2]. The second-order valence-corrected chi connectivity index (χ2v) is 1.88. The van der Waals surface area contributed by atoms with E-state index in [1.165, 1.54) is 0 Å². The minimum Gasteiger partial charge on any atom is -0.462 e. The first-order valence-corrected chi connectivity index (χ1v) is 3.15. The molecule has 0 saturated carbocycles. The molecule has 4 heteroatoms. The number of ether oxygens (including phenoxy) is 2. The molecule has 0 rings (SSSR count). The van der Waals surface area contributed by atoms with E-state index in [1.54, 1.807) is 21.1 Å². The number of hydrogen-bond acceptors (Lipinski definition) is 3. The van der Waals surface area contributed by atoms with Gasteiger partial charge in [0, 0.05) is 21.1 Å². The first-order valence-electron chi connectivity index (χ1n) is 2.34. The fraction of sp³-hybridized carbons (Fsp3) is 1.00. The molecular weight excluding hydrogens is 123 g/mol. The van der Waals surface area contributed by atoms with E-state index in [4.69, 9.17) is 13.3 Å². The van der Waals surface area contributed by atoms with Crippen molar-refractivity contribution >= 4 is 16.6 Å². The molecule has 0 bridgehead atoms. The first kappa shape index (κ1) is 8.41. The standard InChI is InChI=1S/C4H9O3.Al.2H/c1-4(5,6-2)7-3;;;/h1-3H3;;;/q-1;+1;;. The van der Waals surface area contributed by atoms with Gasteiger partial charge in [-0.25, -0.2) is 0 Å². The van der Waals surface area contributed by atoms with Crippen LogP contribution in [0.1, 0.15) is 6.92 Å². The van der Waals surface area contributed by atoms with Crippen molar-refractivity contribution < 1.29 is 13.3 Å². The minimum absolute atomic E-state index is 0.616. The van der Waals surface area contributed by atoms with Crippen LogP contribution in [-0.2, 0) is 13.3 Å². The van der Waals surface area contributed by atoms with Gasteiger partial charge in [0.1, 0.15) is 0 Å². The van der Waals surface area contributed by atoms with Gasteiger partial charge in [-0.05, 0) is 0 Å².